The second-order valence-corrected chi connectivity index (χ2v) is 8.36. The Hall–Kier alpha value is -3.39. The highest BCUT2D eigenvalue weighted by Crippen LogP contribution is 2.52. The van der Waals surface area contributed by atoms with E-state index in [2.05, 4.69) is 10.3 Å². The van der Waals surface area contributed by atoms with Gasteiger partial charge >= 0.3 is 0 Å². The van der Waals surface area contributed by atoms with Gasteiger partial charge in [-0.25, -0.2) is 0 Å². The maximum Gasteiger partial charge on any atom is 0.231 e. The third kappa shape index (κ3) is 2.90. The smallest absolute Gasteiger partial charge is 0.231 e. The number of nitrogens with zero attached hydrogens (tertiary/aromatic N) is 2. The molecule has 2 saturated heterocycles. The summed E-state index contributed by atoms with van der Waals surface area (Å²) < 4.78 is 17.0. The second kappa shape index (κ2) is 6.81. The molecule has 2 amide bonds. The Bertz CT molecular complexity index is 1090. The van der Waals surface area contributed by atoms with Gasteiger partial charge in [0.2, 0.25) is 18.6 Å². The fourth-order valence-electron chi connectivity index (χ4n) is 5.08. The van der Waals surface area contributed by atoms with Gasteiger partial charge in [-0.05, 0) is 35.4 Å². The van der Waals surface area contributed by atoms with Crippen molar-refractivity contribution in [3.05, 3.63) is 66.0 Å². The topological polar surface area (TPSA) is 90.0 Å². The Morgan fingerprint density at radius 1 is 1.16 bits per heavy atom. The van der Waals surface area contributed by atoms with Gasteiger partial charge in [0, 0.05) is 25.5 Å². The summed E-state index contributed by atoms with van der Waals surface area (Å²) in [7, 11) is 0. The minimum atomic E-state index is -0.725. The quantitative estimate of drug-likeness (QED) is 0.737. The molecule has 2 fully saturated rings. The van der Waals surface area contributed by atoms with E-state index in [1.165, 1.54) is 0 Å². The third-order valence-corrected chi connectivity index (χ3v) is 6.51. The van der Waals surface area contributed by atoms with E-state index in [0.29, 0.717) is 31.1 Å². The highest BCUT2D eigenvalue weighted by molar-refractivity contribution is 5.93. The Morgan fingerprint density at radius 3 is 2.87 bits per heavy atom. The van der Waals surface area contributed by atoms with Crippen LogP contribution < -0.4 is 14.8 Å². The number of nitrogens with one attached hydrogen (secondary N) is 1. The van der Waals surface area contributed by atoms with Crippen LogP contribution in [0.2, 0.25) is 0 Å². The number of benzene rings is 1. The largest absolute Gasteiger partial charge is 0.454 e. The van der Waals surface area contributed by atoms with Crippen molar-refractivity contribution >= 4 is 11.8 Å². The molecule has 1 aromatic heterocycles. The molecule has 2 aromatic rings. The van der Waals surface area contributed by atoms with Crippen LogP contribution in [0, 0.1) is 11.8 Å². The van der Waals surface area contributed by atoms with Crippen LogP contribution in [0.5, 0.6) is 11.5 Å². The molecule has 158 valence electrons. The van der Waals surface area contributed by atoms with Crippen molar-refractivity contribution in [2.24, 2.45) is 11.8 Å². The summed E-state index contributed by atoms with van der Waals surface area (Å²) in [5.41, 5.74) is 1.18. The van der Waals surface area contributed by atoms with Gasteiger partial charge < -0.3 is 24.4 Å². The minimum Gasteiger partial charge on any atom is -0.454 e. The van der Waals surface area contributed by atoms with Crippen LogP contribution in [0.1, 0.15) is 11.1 Å². The molecular weight excluding hydrogens is 398 g/mol. The first kappa shape index (κ1) is 18.4. The van der Waals surface area contributed by atoms with E-state index in [1.807, 2.05) is 42.5 Å². The Morgan fingerprint density at radius 2 is 2.00 bits per heavy atom. The van der Waals surface area contributed by atoms with E-state index >= 15 is 0 Å². The van der Waals surface area contributed by atoms with Crippen LogP contribution in [0.25, 0.3) is 0 Å². The summed E-state index contributed by atoms with van der Waals surface area (Å²) in [4.78, 5) is 32.2. The average Bonchev–Trinajstić information content (AvgIpc) is 3.54. The van der Waals surface area contributed by atoms with Crippen molar-refractivity contribution in [2.45, 2.75) is 24.8 Å². The van der Waals surface area contributed by atoms with E-state index in [-0.39, 0.29) is 24.7 Å². The lowest BCUT2D eigenvalue weighted by Gasteiger charge is -2.23. The highest BCUT2D eigenvalue weighted by Gasteiger charge is 2.66. The number of amides is 2. The van der Waals surface area contributed by atoms with Crippen LogP contribution in [-0.2, 0) is 27.4 Å². The number of hydrogen-bond donors (Lipinski definition) is 1. The van der Waals surface area contributed by atoms with E-state index in [4.69, 9.17) is 14.2 Å². The molecule has 6 rings (SSSR count). The zero-order valence-corrected chi connectivity index (χ0v) is 16.7. The van der Waals surface area contributed by atoms with Gasteiger partial charge in [0.05, 0.1) is 24.5 Å². The average molecular weight is 419 g/mol. The summed E-state index contributed by atoms with van der Waals surface area (Å²) in [6, 6.07) is 9.39. The van der Waals surface area contributed by atoms with Crippen LogP contribution in [0.15, 0.2) is 54.9 Å². The van der Waals surface area contributed by atoms with E-state index in [9.17, 15) is 9.59 Å². The fraction of sp³-hybridized carbons (Fsp3) is 0.348. The van der Waals surface area contributed by atoms with Crippen molar-refractivity contribution in [2.75, 3.05) is 13.3 Å². The van der Waals surface area contributed by atoms with E-state index in [0.717, 1.165) is 11.1 Å². The van der Waals surface area contributed by atoms with Gasteiger partial charge in [-0.3, -0.25) is 14.6 Å². The molecule has 0 unspecified atom stereocenters. The van der Waals surface area contributed by atoms with Gasteiger partial charge in [-0.15, -0.1) is 0 Å². The number of ether oxygens (including phenoxy) is 3. The number of rotatable bonds is 5. The number of hydrogen-bond acceptors (Lipinski definition) is 6. The van der Waals surface area contributed by atoms with Crippen molar-refractivity contribution < 1.29 is 23.8 Å². The first-order valence-corrected chi connectivity index (χ1v) is 10.3. The number of pyridine rings is 1. The van der Waals surface area contributed by atoms with Crippen LogP contribution in [0.3, 0.4) is 0 Å². The molecule has 31 heavy (non-hydrogen) atoms. The number of fused-ring (bicyclic) bond motifs is 2. The molecule has 1 N–H and O–H groups in total. The minimum absolute atomic E-state index is 0.0476. The Balaban J connectivity index is 1.19. The monoisotopic (exact) mass is 419 g/mol. The van der Waals surface area contributed by atoms with E-state index < -0.39 is 17.4 Å². The molecule has 4 aliphatic heterocycles. The summed E-state index contributed by atoms with van der Waals surface area (Å²) >= 11 is 0. The predicted molar refractivity (Wildman–Crippen MR) is 108 cm³/mol. The van der Waals surface area contributed by atoms with Gasteiger partial charge in [0.25, 0.3) is 0 Å². The zero-order valence-electron chi connectivity index (χ0n) is 16.7. The first-order valence-electron chi connectivity index (χ1n) is 10.3. The fourth-order valence-corrected chi connectivity index (χ4v) is 5.08. The highest BCUT2D eigenvalue weighted by atomic mass is 16.7. The first-order chi connectivity index (χ1) is 15.1. The summed E-state index contributed by atoms with van der Waals surface area (Å²) in [6.07, 6.45) is 6.90. The van der Waals surface area contributed by atoms with Crippen molar-refractivity contribution in [1.82, 2.24) is 15.2 Å². The second-order valence-electron chi connectivity index (χ2n) is 8.36. The predicted octanol–water partition coefficient (Wildman–Crippen LogP) is 1.41. The number of aromatic nitrogens is 1. The molecule has 4 atom stereocenters. The standard InChI is InChI=1S/C23H21N3O5/c27-21(25-10-14-4-7-24-8-5-14)19-17-3-6-23(31-17)12-26(22(28)20(19)23)11-15-1-2-16-18(9-15)30-13-29-16/h1-9,17,19-20H,10-13H2,(H,25,27)/t17-,19-,20-,23-/m1/s1. The lowest BCUT2D eigenvalue weighted by molar-refractivity contribution is -0.137. The Kier molecular flexibility index (Phi) is 4.04. The lowest BCUT2D eigenvalue weighted by atomic mass is 9.77. The van der Waals surface area contributed by atoms with Crippen molar-refractivity contribution in [3.8, 4) is 11.5 Å². The number of carbonyl (C=O) groups excluding carboxylic acids is 2. The summed E-state index contributed by atoms with van der Waals surface area (Å²) in [5, 5.41) is 2.97. The summed E-state index contributed by atoms with van der Waals surface area (Å²) in [6.45, 7) is 1.47. The normalized spacial score (nSPS) is 29.5. The molecule has 8 nitrogen and oxygen atoms in total. The van der Waals surface area contributed by atoms with Crippen LogP contribution in [-0.4, -0.2) is 46.7 Å². The molecule has 2 bridgehead atoms. The molecule has 8 heteroatoms. The van der Waals surface area contributed by atoms with Crippen LogP contribution in [0.4, 0.5) is 0 Å². The van der Waals surface area contributed by atoms with Gasteiger partial charge in [-0.1, -0.05) is 18.2 Å². The zero-order chi connectivity index (χ0) is 21.0. The molecule has 0 saturated carbocycles. The Labute approximate surface area is 178 Å². The molecular formula is C23H21N3O5. The van der Waals surface area contributed by atoms with E-state index in [1.54, 1.807) is 17.3 Å². The van der Waals surface area contributed by atoms with Gasteiger partial charge in [-0.2, -0.15) is 0 Å². The number of likely N-dealkylation sites (tertiary alicyclic amines) is 1. The maximum absolute atomic E-state index is 13.4. The molecule has 4 aliphatic rings. The van der Waals surface area contributed by atoms with Gasteiger partial charge in [0.1, 0.15) is 5.60 Å². The van der Waals surface area contributed by atoms with Gasteiger partial charge in [0.15, 0.2) is 11.5 Å². The SMILES string of the molecule is O=C(NCc1ccncc1)[C@@H]1[C@H]2C=C[C@]3(CN(Cc4ccc5c(c4)OCO5)C(=O)[C@@H]13)O2. The molecule has 1 spiro atoms. The summed E-state index contributed by atoms with van der Waals surface area (Å²) in [5.74, 6) is 0.163. The van der Waals surface area contributed by atoms with Crippen molar-refractivity contribution in [3.63, 3.8) is 0 Å². The lowest BCUT2D eigenvalue weighted by Crippen LogP contribution is -2.43. The molecule has 0 radical (unpaired) electrons. The number of carbonyl (C=O) groups is 2. The molecule has 5 heterocycles. The third-order valence-electron chi connectivity index (χ3n) is 6.51. The molecule has 0 aliphatic carbocycles. The van der Waals surface area contributed by atoms with Crippen LogP contribution >= 0.6 is 0 Å². The maximum atomic E-state index is 13.4. The molecule has 1 aromatic carbocycles. The van der Waals surface area contributed by atoms with Crippen molar-refractivity contribution in [1.29, 1.82) is 0 Å².